The maximum absolute atomic E-state index is 13.3. The Kier molecular flexibility index (Phi) is 5.42. The van der Waals surface area contributed by atoms with Gasteiger partial charge in [0.1, 0.15) is 0 Å². The second-order valence-electron chi connectivity index (χ2n) is 7.13. The summed E-state index contributed by atoms with van der Waals surface area (Å²) in [7, 11) is -0.349. The van der Waals surface area contributed by atoms with Crippen molar-refractivity contribution in [3.63, 3.8) is 0 Å². The minimum atomic E-state index is -3.84. The van der Waals surface area contributed by atoms with Gasteiger partial charge < -0.3 is 9.32 Å². The molecule has 0 spiro atoms. The number of benzene rings is 3. The molecule has 0 unspecified atom stereocenters. The maximum atomic E-state index is 13.3. The summed E-state index contributed by atoms with van der Waals surface area (Å²) >= 11 is 0. The van der Waals surface area contributed by atoms with Crippen LogP contribution in [-0.4, -0.2) is 27.5 Å². The quantitative estimate of drug-likeness (QED) is 0.452. The van der Waals surface area contributed by atoms with Crippen molar-refractivity contribution >= 4 is 15.7 Å². The first kappa shape index (κ1) is 19.9. The lowest BCUT2D eigenvalue weighted by Gasteiger charge is -2.15. The lowest BCUT2D eigenvalue weighted by atomic mass is 9.91. The Bertz CT molecular complexity index is 1180. The molecule has 0 aliphatic rings. The predicted octanol–water partition coefficient (Wildman–Crippen LogP) is 4.75. The van der Waals surface area contributed by atoms with Gasteiger partial charge in [0.2, 0.25) is 26.6 Å². The highest BCUT2D eigenvalue weighted by atomic mass is 32.2. The molecule has 0 aliphatic carbocycles. The third kappa shape index (κ3) is 3.74. The number of hydrogen-bond donors (Lipinski definition) is 0. The van der Waals surface area contributed by atoms with Gasteiger partial charge in [0, 0.05) is 14.1 Å². The molecular weight excluding hydrogens is 396 g/mol. The molecule has 30 heavy (non-hydrogen) atoms. The van der Waals surface area contributed by atoms with Gasteiger partial charge in [-0.1, -0.05) is 78.9 Å². The Hall–Kier alpha value is -3.38. The van der Waals surface area contributed by atoms with E-state index in [1.807, 2.05) is 60.7 Å². The predicted molar refractivity (Wildman–Crippen MR) is 117 cm³/mol. The van der Waals surface area contributed by atoms with Gasteiger partial charge in [0.25, 0.3) is 0 Å². The first-order chi connectivity index (χ1) is 14.5. The molecule has 0 saturated carbocycles. The van der Waals surface area contributed by atoms with Crippen LogP contribution < -0.4 is 4.90 Å². The smallest absolute Gasteiger partial charge is 0.235 e. The first-order valence-corrected chi connectivity index (χ1v) is 11.0. The van der Waals surface area contributed by atoms with Gasteiger partial charge in [-0.15, -0.1) is 0 Å². The summed E-state index contributed by atoms with van der Waals surface area (Å²) in [6, 6.07) is 27.9. The molecule has 152 valence electrons. The van der Waals surface area contributed by atoms with E-state index in [1.165, 1.54) is 0 Å². The van der Waals surface area contributed by atoms with Crippen LogP contribution in [-0.2, 0) is 9.84 Å². The molecule has 0 fully saturated rings. The first-order valence-electron chi connectivity index (χ1n) is 9.56. The number of hydrogen-bond acceptors (Lipinski definition) is 5. The van der Waals surface area contributed by atoms with Gasteiger partial charge in [-0.2, -0.15) is 4.98 Å². The van der Waals surface area contributed by atoms with Crippen LogP contribution in [0.2, 0.25) is 0 Å². The van der Waals surface area contributed by atoms with Crippen molar-refractivity contribution in [3.05, 3.63) is 108 Å². The molecule has 5 nitrogen and oxygen atoms in total. The van der Waals surface area contributed by atoms with Crippen molar-refractivity contribution in [2.24, 2.45) is 0 Å². The monoisotopic (exact) mass is 418 g/mol. The van der Waals surface area contributed by atoms with Crippen molar-refractivity contribution in [1.29, 1.82) is 0 Å². The van der Waals surface area contributed by atoms with Crippen LogP contribution in [0.5, 0.6) is 0 Å². The third-order valence-electron chi connectivity index (χ3n) is 4.82. The molecule has 0 atom stereocenters. The number of nitrogens with zero attached hydrogens (tertiary/aromatic N) is 2. The van der Waals surface area contributed by atoms with Crippen molar-refractivity contribution < 1.29 is 12.8 Å². The standard InChI is InChI=1S/C24H22N2O3S/c1-26(2)24-23(30(27,28)20-16-10-5-11-17-20)25-22(29-24)21(18-12-6-3-7-13-18)19-14-8-4-9-15-19/h3-17,21H,1-2H3. The summed E-state index contributed by atoms with van der Waals surface area (Å²) in [5, 5.41) is -0.0782. The fourth-order valence-electron chi connectivity index (χ4n) is 3.37. The number of anilines is 1. The molecule has 0 aliphatic heterocycles. The van der Waals surface area contributed by atoms with Crippen LogP contribution in [0.15, 0.2) is 105 Å². The van der Waals surface area contributed by atoms with E-state index < -0.39 is 9.84 Å². The minimum Gasteiger partial charge on any atom is -0.423 e. The molecule has 4 rings (SSSR count). The fraction of sp³-hybridized carbons (Fsp3) is 0.125. The van der Waals surface area contributed by atoms with E-state index in [2.05, 4.69) is 4.98 Å². The number of aromatic nitrogens is 1. The zero-order valence-corrected chi connectivity index (χ0v) is 17.6. The molecule has 4 aromatic rings. The van der Waals surface area contributed by atoms with E-state index in [-0.39, 0.29) is 21.7 Å². The molecule has 1 aromatic heterocycles. The average molecular weight is 419 g/mol. The molecule has 0 amide bonds. The maximum Gasteiger partial charge on any atom is 0.235 e. The van der Waals surface area contributed by atoms with E-state index in [0.29, 0.717) is 5.89 Å². The van der Waals surface area contributed by atoms with E-state index in [9.17, 15) is 8.42 Å². The lowest BCUT2D eigenvalue weighted by molar-refractivity contribution is 0.489. The van der Waals surface area contributed by atoms with Crippen LogP contribution in [0.3, 0.4) is 0 Å². The average Bonchev–Trinajstić information content (AvgIpc) is 3.22. The van der Waals surface area contributed by atoms with Crippen LogP contribution in [0.4, 0.5) is 5.88 Å². The molecular formula is C24H22N2O3S. The fourth-order valence-corrected chi connectivity index (χ4v) is 4.78. The molecule has 0 bridgehead atoms. The summed E-state index contributed by atoms with van der Waals surface area (Å²) in [4.78, 5) is 6.36. The van der Waals surface area contributed by atoms with Gasteiger partial charge >= 0.3 is 0 Å². The third-order valence-corrected chi connectivity index (χ3v) is 6.49. The van der Waals surface area contributed by atoms with Gasteiger partial charge in [0.05, 0.1) is 10.8 Å². The minimum absolute atomic E-state index is 0.0782. The Balaban J connectivity index is 1.91. The van der Waals surface area contributed by atoms with Gasteiger partial charge in [-0.25, -0.2) is 8.42 Å². The Labute approximate surface area is 176 Å². The van der Waals surface area contributed by atoms with Crippen molar-refractivity contribution in [2.45, 2.75) is 15.8 Å². The van der Waals surface area contributed by atoms with Gasteiger partial charge in [-0.05, 0) is 23.3 Å². The van der Waals surface area contributed by atoms with Crippen LogP contribution >= 0.6 is 0 Å². The summed E-state index contributed by atoms with van der Waals surface area (Å²) in [5.74, 6) is 0.224. The van der Waals surface area contributed by atoms with Crippen molar-refractivity contribution in [1.82, 2.24) is 4.98 Å². The number of rotatable bonds is 6. The summed E-state index contributed by atoms with van der Waals surface area (Å²) in [6.45, 7) is 0. The largest absolute Gasteiger partial charge is 0.423 e. The van der Waals surface area contributed by atoms with E-state index in [1.54, 1.807) is 49.3 Å². The summed E-state index contributed by atoms with van der Waals surface area (Å²) in [5.41, 5.74) is 1.94. The highest BCUT2D eigenvalue weighted by Gasteiger charge is 2.32. The molecule has 0 N–H and O–H groups in total. The van der Waals surface area contributed by atoms with E-state index in [4.69, 9.17) is 4.42 Å². The van der Waals surface area contributed by atoms with Crippen molar-refractivity contribution in [2.75, 3.05) is 19.0 Å². The summed E-state index contributed by atoms with van der Waals surface area (Å²) < 4.78 is 32.7. The highest BCUT2D eigenvalue weighted by molar-refractivity contribution is 7.91. The Morgan fingerprint density at radius 3 is 1.70 bits per heavy atom. The second-order valence-corrected chi connectivity index (χ2v) is 8.99. The SMILES string of the molecule is CN(C)c1oc(C(c2ccccc2)c2ccccc2)nc1S(=O)(=O)c1ccccc1. The van der Waals surface area contributed by atoms with E-state index in [0.717, 1.165) is 11.1 Å². The van der Waals surface area contributed by atoms with Crippen molar-refractivity contribution in [3.8, 4) is 0 Å². The molecule has 3 aromatic carbocycles. The van der Waals surface area contributed by atoms with Crippen LogP contribution in [0.1, 0.15) is 22.9 Å². The second kappa shape index (κ2) is 8.16. The molecule has 1 heterocycles. The molecule has 0 radical (unpaired) electrons. The zero-order chi connectivity index (χ0) is 21.1. The molecule has 0 saturated heterocycles. The van der Waals surface area contributed by atoms with Crippen LogP contribution in [0.25, 0.3) is 0 Å². The van der Waals surface area contributed by atoms with Gasteiger partial charge in [-0.3, -0.25) is 0 Å². The Morgan fingerprint density at radius 1 is 0.767 bits per heavy atom. The van der Waals surface area contributed by atoms with E-state index >= 15 is 0 Å². The number of sulfone groups is 1. The zero-order valence-electron chi connectivity index (χ0n) is 16.8. The number of oxazole rings is 1. The summed E-state index contributed by atoms with van der Waals surface area (Å²) in [6.07, 6.45) is 0. The topological polar surface area (TPSA) is 63.4 Å². The highest BCUT2D eigenvalue weighted by Crippen LogP contribution is 2.37. The van der Waals surface area contributed by atoms with Gasteiger partial charge in [0.15, 0.2) is 0 Å². The lowest BCUT2D eigenvalue weighted by Crippen LogP contribution is -2.13. The normalized spacial score (nSPS) is 11.6. The molecule has 6 heteroatoms. The van der Waals surface area contributed by atoms with Crippen LogP contribution in [0, 0.1) is 0 Å². The Morgan fingerprint density at radius 2 is 1.23 bits per heavy atom.